The molecular formula is C15H24N2O3S. The van der Waals surface area contributed by atoms with Crippen LogP contribution in [0.5, 0.6) is 0 Å². The van der Waals surface area contributed by atoms with E-state index in [2.05, 4.69) is 5.32 Å². The van der Waals surface area contributed by atoms with Crippen molar-refractivity contribution in [3.05, 3.63) is 24.3 Å². The second-order valence-electron chi connectivity index (χ2n) is 5.45. The van der Waals surface area contributed by atoms with Crippen molar-refractivity contribution in [2.75, 3.05) is 17.6 Å². The normalized spacial score (nSPS) is 13.2. The van der Waals surface area contributed by atoms with Crippen molar-refractivity contribution in [3.63, 3.8) is 0 Å². The first kappa shape index (κ1) is 17.7. The first-order valence-electron chi connectivity index (χ1n) is 7.14. The number of hydrogen-bond acceptors (Lipinski definition) is 4. The molecule has 0 spiro atoms. The smallest absolute Gasteiger partial charge is 0.228 e. The summed E-state index contributed by atoms with van der Waals surface area (Å²) < 4.78 is 24.1. The quantitative estimate of drug-likeness (QED) is 0.806. The summed E-state index contributed by atoms with van der Waals surface area (Å²) >= 11 is 0. The highest BCUT2D eigenvalue weighted by Gasteiger charge is 2.22. The van der Waals surface area contributed by atoms with Crippen molar-refractivity contribution in [3.8, 4) is 0 Å². The van der Waals surface area contributed by atoms with Crippen LogP contribution in [0.4, 0.5) is 5.69 Å². The van der Waals surface area contributed by atoms with E-state index in [-0.39, 0.29) is 29.0 Å². The minimum Gasteiger partial charge on any atom is -0.330 e. The summed E-state index contributed by atoms with van der Waals surface area (Å²) in [6.07, 6.45) is 0.672. The SMILES string of the molecule is CCS(=O)(=O)c1ccccc1NC(=O)C(CN)CC(C)C. The second kappa shape index (κ2) is 7.56. The molecule has 0 bridgehead atoms. The Hall–Kier alpha value is -1.40. The van der Waals surface area contributed by atoms with E-state index in [1.54, 1.807) is 25.1 Å². The number of sulfone groups is 1. The van der Waals surface area contributed by atoms with Gasteiger partial charge in [0.05, 0.1) is 22.3 Å². The van der Waals surface area contributed by atoms with Crippen LogP contribution in [-0.2, 0) is 14.6 Å². The number of rotatable bonds is 7. The molecule has 0 saturated carbocycles. The number of anilines is 1. The Bertz CT molecular complexity index is 582. The van der Waals surface area contributed by atoms with Crippen LogP contribution in [0.1, 0.15) is 27.2 Å². The van der Waals surface area contributed by atoms with Gasteiger partial charge in [-0.15, -0.1) is 0 Å². The van der Waals surface area contributed by atoms with Gasteiger partial charge in [0.25, 0.3) is 0 Å². The summed E-state index contributed by atoms with van der Waals surface area (Å²) in [5.74, 6) is -0.210. The second-order valence-corrected chi connectivity index (χ2v) is 7.70. The minimum absolute atomic E-state index is 0.00774. The van der Waals surface area contributed by atoms with Crippen LogP contribution < -0.4 is 11.1 Å². The van der Waals surface area contributed by atoms with Gasteiger partial charge in [0, 0.05) is 6.54 Å². The molecule has 1 aromatic rings. The number of carbonyl (C=O) groups is 1. The molecule has 1 aromatic carbocycles. The molecule has 0 aliphatic carbocycles. The fraction of sp³-hybridized carbons (Fsp3) is 0.533. The van der Waals surface area contributed by atoms with Gasteiger partial charge in [0.1, 0.15) is 0 Å². The van der Waals surface area contributed by atoms with Crippen LogP contribution in [0.25, 0.3) is 0 Å². The van der Waals surface area contributed by atoms with Crippen LogP contribution in [0, 0.1) is 11.8 Å². The largest absolute Gasteiger partial charge is 0.330 e. The van der Waals surface area contributed by atoms with Crippen LogP contribution in [0.2, 0.25) is 0 Å². The zero-order chi connectivity index (χ0) is 16.0. The predicted molar refractivity (Wildman–Crippen MR) is 84.8 cm³/mol. The number of amides is 1. The van der Waals surface area contributed by atoms with Crippen molar-refractivity contribution >= 4 is 21.4 Å². The van der Waals surface area contributed by atoms with Gasteiger partial charge in [-0.25, -0.2) is 8.42 Å². The Morgan fingerprint density at radius 2 is 1.90 bits per heavy atom. The number of para-hydroxylation sites is 1. The molecule has 0 aliphatic heterocycles. The third-order valence-corrected chi connectivity index (χ3v) is 5.06. The Morgan fingerprint density at radius 1 is 1.29 bits per heavy atom. The number of carbonyl (C=O) groups excluding carboxylic acids is 1. The van der Waals surface area contributed by atoms with Crippen molar-refractivity contribution in [1.82, 2.24) is 0 Å². The molecule has 118 valence electrons. The van der Waals surface area contributed by atoms with Crippen molar-refractivity contribution in [2.45, 2.75) is 32.1 Å². The fourth-order valence-corrected chi connectivity index (χ4v) is 3.16. The van der Waals surface area contributed by atoms with E-state index < -0.39 is 9.84 Å². The average molecular weight is 312 g/mol. The molecule has 6 heteroatoms. The lowest BCUT2D eigenvalue weighted by molar-refractivity contribution is -0.120. The molecule has 1 amide bonds. The van der Waals surface area contributed by atoms with E-state index in [0.29, 0.717) is 18.0 Å². The number of hydrogen-bond donors (Lipinski definition) is 2. The maximum atomic E-state index is 12.3. The molecule has 1 rings (SSSR count). The van der Waals surface area contributed by atoms with Gasteiger partial charge in [0.15, 0.2) is 9.84 Å². The van der Waals surface area contributed by atoms with E-state index >= 15 is 0 Å². The first-order chi connectivity index (χ1) is 9.81. The lowest BCUT2D eigenvalue weighted by atomic mass is 9.96. The molecule has 21 heavy (non-hydrogen) atoms. The summed E-state index contributed by atoms with van der Waals surface area (Å²) in [6, 6.07) is 6.45. The molecule has 1 atom stereocenters. The van der Waals surface area contributed by atoms with Crippen LogP contribution in [-0.4, -0.2) is 26.6 Å². The molecular weight excluding hydrogens is 288 g/mol. The number of nitrogens with two attached hydrogens (primary N) is 1. The molecule has 0 aliphatic rings. The van der Waals surface area contributed by atoms with Gasteiger partial charge in [-0.2, -0.15) is 0 Å². The predicted octanol–water partition coefficient (Wildman–Crippen LogP) is 2.04. The third kappa shape index (κ3) is 4.82. The lowest BCUT2D eigenvalue weighted by Crippen LogP contribution is -2.30. The van der Waals surface area contributed by atoms with Crippen molar-refractivity contribution in [2.24, 2.45) is 17.6 Å². The van der Waals surface area contributed by atoms with Gasteiger partial charge >= 0.3 is 0 Å². The maximum absolute atomic E-state index is 12.3. The van der Waals surface area contributed by atoms with E-state index in [4.69, 9.17) is 5.73 Å². The molecule has 5 nitrogen and oxygen atoms in total. The van der Waals surface area contributed by atoms with E-state index in [9.17, 15) is 13.2 Å². The van der Waals surface area contributed by atoms with Gasteiger partial charge in [0.2, 0.25) is 5.91 Å². The van der Waals surface area contributed by atoms with Gasteiger partial charge in [-0.05, 0) is 24.5 Å². The fourth-order valence-electron chi connectivity index (χ4n) is 2.11. The summed E-state index contributed by atoms with van der Waals surface area (Å²) in [5.41, 5.74) is 5.97. The van der Waals surface area contributed by atoms with Gasteiger partial charge in [-0.3, -0.25) is 4.79 Å². The Labute approximate surface area is 126 Å². The Kier molecular flexibility index (Phi) is 6.36. The zero-order valence-electron chi connectivity index (χ0n) is 12.8. The topological polar surface area (TPSA) is 89.3 Å². The standard InChI is InChI=1S/C15H24N2O3S/c1-4-21(19,20)14-8-6-5-7-13(14)17-15(18)12(10-16)9-11(2)3/h5-8,11-12H,4,9-10,16H2,1-3H3,(H,17,18). The van der Waals surface area contributed by atoms with Crippen molar-refractivity contribution < 1.29 is 13.2 Å². The zero-order valence-corrected chi connectivity index (χ0v) is 13.6. The number of benzene rings is 1. The lowest BCUT2D eigenvalue weighted by Gasteiger charge is -2.18. The molecule has 1 unspecified atom stereocenters. The summed E-state index contributed by atoms with van der Waals surface area (Å²) in [5, 5.41) is 2.71. The molecule has 0 heterocycles. The summed E-state index contributed by atoms with van der Waals surface area (Å²) in [6.45, 7) is 5.86. The van der Waals surface area contributed by atoms with Crippen LogP contribution >= 0.6 is 0 Å². The van der Waals surface area contributed by atoms with Crippen LogP contribution in [0.15, 0.2) is 29.2 Å². The van der Waals surface area contributed by atoms with Crippen molar-refractivity contribution in [1.29, 1.82) is 0 Å². The van der Waals surface area contributed by atoms with E-state index in [1.807, 2.05) is 13.8 Å². The molecule has 3 N–H and O–H groups in total. The number of nitrogens with one attached hydrogen (secondary N) is 1. The molecule has 0 aromatic heterocycles. The van der Waals surface area contributed by atoms with Gasteiger partial charge in [-0.1, -0.05) is 32.9 Å². The highest BCUT2D eigenvalue weighted by Crippen LogP contribution is 2.23. The monoisotopic (exact) mass is 312 g/mol. The average Bonchev–Trinajstić information content (AvgIpc) is 2.44. The highest BCUT2D eigenvalue weighted by molar-refractivity contribution is 7.91. The van der Waals surface area contributed by atoms with Gasteiger partial charge < -0.3 is 11.1 Å². The minimum atomic E-state index is -3.38. The summed E-state index contributed by atoms with van der Waals surface area (Å²) in [7, 11) is -3.38. The molecule has 0 radical (unpaired) electrons. The Morgan fingerprint density at radius 3 is 2.43 bits per heavy atom. The maximum Gasteiger partial charge on any atom is 0.228 e. The third-order valence-electron chi connectivity index (χ3n) is 3.27. The first-order valence-corrected chi connectivity index (χ1v) is 8.79. The Balaban J connectivity index is 3.01. The summed E-state index contributed by atoms with van der Waals surface area (Å²) in [4.78, 5) is 12.4. The molecule has 0 saturated heterocycles. The highest BCUT2D eigenvalue weighted by atomic mass is 32.2. The van der Waals surface area contributed by atoms with Crippen LogP contribution in [0.3, 0.4) is 0 Å². The van der Waals surface area contributed by atoms with E-state index in [1.165, 1.54) is 6.07 Å². The van der Waals surface area contributed by atoms with E-state index in [0.717, 1.165) is 0 Å². The molecule has 0 fully saturated rings.